The van der Waals surface area contributed by atoms with Crippen molar-refractivity contribution in [2.45, 2.75) is 0 Å². The molecule has 2 aromatic carbocycles. The summed E-state index contributed by atoms with van der Waals surface area (Å²) < 4.78 is 0. The Kier molecular flexibility index (Phi) is 4.68. The van der Waals surface area contributed by atoms with Crippen LogP contribution in [0, 0.1) is 0 Å². The molecule has 0 aromatic heterocycles. The Balaban J connectivity index is 0.00000112. The van der Waals surface area contributed by atoms with Gasteiger partial charge in [0.1, 0.15) is 0 Å². The Morgan fingerprint density at radius 3 is 2.13 bits per heavy atom. The second-order valence-electron chi connectivity index (χ2n) is 2.98. The summed E-state index contributed by atoms with van der Waals surface area (Å²) in [4.78, 5) is 0. The van der Waals surface area contributed by atoms with E-state index in [1.807, 2.05) is 30.3 Å². The Labute approximate surface area is 116 Å². The fourth-order valence-electron chi connectivity index (χ4n) is 1.39. The molecule has 0 heterocycles. The van der Waals surface area contributed by atoms with Crippen LogP contribution in [-0.4, -0.2) is 0 Å². The van der Waals surface area contributed by atoms with E-state index in [2.05, 4.69) is 0 Å². The van der Waals surface area contributed by atoms with Crippen LogP contribution in [0.1, 0.15) is 0 Å². The van der Waals surface area contributed by atoms with Gasteiger partial charge in [0.05, 0.1) is 0 Å². The minimum absolute atomic E-state index is 0. The maximum absolute atomic E-state index is 11.6. The molecule has 2 rings (SSSR count). The largest absolute Gasteiger partial charge is 1.00 e. The Morgan fingerprint density at radius 2 is 1.53 bits per heavy atom. The molecule has 0 N–H and O–H groups in total. The van der Waals surface area contributed by atoms with Crippen LogP contribution >= 0.6 is 11.6 Å². The molecule has 3 heteroatoms. The number of benzene rings is 2. The van der Waals surface area contributed by atoms with Crippen molar-refractivity contribution < 1.29 is 34.7 Å². The second kappa shape index (κ2) is 5.57. The third-order valence-electron chi connectivity index (χ3n) is 2.04. The van der Waals surface area contributed by atoms with Crippen molar-refractivity contribution in [3.63, 3.8) is 0 Å². The molecular formula is C12H8ClNaO. The SMILES string of the molecule is [Na+].[O-]c1cccc(Cl)c1-c1ccccc1. The molecule has 0 bridgehead atoms. The molecule has 0 radical (unpaired) electrons. The molecule has 0 aliphatic carbocycles. The second-order valence-corrected chi connectivity index (χ2v) is 3.39. The zero-order chi connectivity index (χ0) is 9.97. The topological polar surface area (TPSA) is 23.1 Å². The maximum Gasteiger partial charge on any atom is 1.00 e. The summed E-state index contributed by atoms with van der Waals surface area (Å²) in [6.07, 6.45) is 0. The third kappa shape index (κ3) is 2.76. The van der Waals surface area contributed by atoms with Crippen molar-refractivity contribution >= 4 is 11.6 Å². The van der Waals surface area contributed by atoms with E-state index in [0.29, 0.717) is 10.6 Å². The van der Waals surface area contributed by atoms with Gasteiger partial charge in [-0.1, -0.05) is 59.8 Å². The van der Waals surface area contributed by atoms with E-state index >= 15 is 0 Å². The van der Waals surface area contributed by atoms with E-state index in [9.17, 15) is 5.11 Å². The van der Waals surface area contributed by atoms with Crippen LogP contribution in [0.2, 0.25) is 5.02 Å². The molecule has 0 aliphatic heterocycles. The Morgan fingerprint density at radius 1 is 0.867 bits per heavy atom. The zero-order valence-electron chi connectivity index (χ0n) is 8.41. The van der Waals surface area contributed by atoms with Crippen LogP contribution in [0.4, 0.5) is 0 Å². The first-order chi connectivity index (χ1) is 6.79. The normalized spacial score (nSPS) is 9.40. The van der Waals surface area contributed by atoms with Crippen molar-refractivity contribution in [3.05, 3.63) is 53.6 Å². The number of hydrogen-bond acceptors (Lipinski definition) is 1. The van der Waals surface area contributed by atoms with Gasteiger partial charge < -0.3 is 5.11 Å². The van der Waals surface area contributed by atoms with Crippen LogP contribution in [0.3, 0.4) is 0 Å². The molecule has 0 fully saturated rings. The van der Waals surface area contributed by atoms with Gasteiger partial charge in [0.2, 0.25) is 0 Å². The number of rotatable bonds is 1. The molecule has 0 aliphatic rings. The summed E-state index contributed by atoms with van der Waals surface area (Å²) in [6, 6.07) is 14.4. The molecule has 70 valence electrons. The maximum atomic E-state index is 11.6. The van der Waals surface area contributed by atoms with Gasteiger partial charge in [-0.2, -0.15) is 0 Å². The van der Waals surface area contributed by atoms with E-state index in [1.165, 1.54) is 6.07 Å². The summed E-state index contributed by atoms with van der Waals surface area (Å²) in [6.45, 7) is 0. The predicted octanol–water partition coefficient (Wildman–Crippen LogP) is 0.0846. The van der Waals surface area contributed by atoms with Gasteiger partial charge in [-0.15, -0.1) is 0 Å². The third-order valence-corrected chi connectivity index (χ3v) is 2.35. The van der Waals surface area contributed by atoms with E-state index < -0.39 is 0 Å². The van der Waals surface area contributed by atoms with Crippen molar-refractivity contribution in [1.29, 1.82) is 0 Å². The van der Waals surface area contributed by atoms with E-state index in [0.717, 1.165) is 5.56 Å². The molecule has 1 nitrogen and oxygen atoms in total. The predicted molar refractivity (Wildman–Crippen MR) is 56.3 cm³/mol. The first-order valence-corrected chi connectivity index (χ1v) is 4.68. The fourth-order valence-corrected chi connectivity index (χ4v) is 1.66. The standard InChI is InChI=1S/C12H9ClO.Na/c13-10-7-4-8-11(14)12(10)9-5-2-1-3-6-9;/h1-8,14H;/q;+1/p-1. The van der Waals surface area contributed by atoms with Gasteiger partial charge in [0.15, 0.2) is 0 Å². The summed E-state index contributed by atoms with van der Waals surface area (Å²) in [5.41, 5.74) is 1.44. The van der Waals surface area contributed by atoms with Gasteiger partial charge in [-0.3, -0.25) is 0 Å². The van der Waals surface area contributed by atoms with Crippen LogP contribution in [0.25, 0.3) is 11.1 Å². The summed E-state index contributed by atoms with van der Waals surface area (Å²) in [7, 11) is 0. The smallest absolute Gasteiger partial charge is 0.872 e. The quantitative estimate of drug-likeness (QED) is 0.632. The molecule has 0 spiro atoms. The van der Waals surface area contributed by atoms with Crippen molar-refractivity contribution in [2.75, 3.05) is 0 Å². The average molecular weight is 227 g/mol. The summed E-state index contributed by atoms with van der Waals surface area (Å²) >= 11 is 5.96. The number of hydrogen-bond donors (Lipinski definition) is 0. The molecule has 2 aromatic rings. The van der Waals surface area contributed by atoms with Crippen LogP contribution < -0.4 is 34.7 Å². The monoisotopic (exact) mass is 226 g/mol. The molecule has 0 unspecified atom stereocenters. The van der Waals surface area contributed by atoms with Crippen molar-refractivity contribution in [1.82, 2.24) is 0 Å². The van der Waals surface area contributed by atoms with E-state index in [-0.39, 0.29) is 35.3 Å². The average Bonchev–Trinajstić information content (AvgIpc) is 2.19. The minimum Gasteiger partial charge on any atom is -0.872 e. The molecule has 0 amide bonds. The van der Waals surface area contributed by atoms with Crippen LogP contribution in [-0.2, 0) is 0 Å². The van der Waals surface area contributed by atoms with E-state index in [1.54, 1.807) is 12.1 Å². The number of halogens is 1. The molecular weight excluding hydrogens is 219 g/mol. The Hall–Kier alpha value is -0.470. The van der Waals surface area contributed by atoms with Gasteiger partial charge in [-0.25, -0.2) is 0 Å². The first-order valence-electron chi connectivity index (χ1n) is 4.30. The molecule has 0 saturated heterocycles. The van der Waals surface area contributed by atoms with Crippen LogP contribution in [0.5, 0.6) is 5.75 Å². The molecule has 0 atom stereocenters. The van der Waals surface area contributed by atoms with E-state index in [4.69, 9.17) is 11.6 Å². The summed E-state index contributed by atoms with van der Waals surface area (Å²) in [5.74, 6) is -0.0382. The van der Waals surface area contributed by atoms with Crippen LogP contribution in [0.15, 0.2) is 48.5 Å². The van der Waals surface area contributed by atoms with Gasteiger partial charge in [-0.05, 0) is 17.2 Å². The minimum atomic E-state index is -0.0382. The zero-order valence-corrected chi connectivity index (χ0v) is 11.2. The molecule has 0 saturated carbocycles. The van der Waals surface area contributed by atoms with Gasteiger partial charge >= 0.3 is 29.6 Å². The first kappa shape index (κ1) is 12.6. The van der Waals surface area contributed by atoms with Gasteiger partial charge in [0, 0.05) is 5.02 Å². The summed E-state index contributed by atoms with van der Waals surface area (Å²) in [5, 5.41) is 12.1. The Bertz CT molecular complexity index is 422. The molecule has 15 heavy (non-hydrogen) atoms. The van der Waals surface area contributed by atoms with Crippen molar-refractivity contribution in [2.24, 2.45) is 0 Å². The van der Waals surface area contributed by atoms with Gasteiger partial charge in [0.25, 0.3) is 0 Å². The van der Waals surface area contributed by atoms with Crippen molar-refractivity contribution in [3.8, 4) is 16.9 Å². The fraction of sp³-hybridized carbons (Fsp3) is 0.